The van der Waals surface area contributed by atoms with Gasteiger partial charge in [0.15, 0.2) is 0 Å². The van der Waals surface area contributed by atoms with Gasteiger partial charge in [-0.3, -0.25) is 14.6 Å². The molecule has 6 nitrogen and oxygen atoms in total. The van der Waals surface area contributed by atoms with Crippen LogP contribution in [0.5, 0.6) is 0 Å². The van der Waals surface area contributed by atoms with E-state index in [4.69, 9.17) is 4.52 Å². The second-order valence-electron chi connectivity index (χ2n) is 6.19. The van der Waals surface area contributed by atoms with E-state index in [2.05, 4.69) is 15.4 Å². The quantitative estimate of drug-likeness (QED) is 0.894. The molecule has 8 heteroatoms. The molecule has 1 aromatic carbocycles. The van der Waals surface area contributed by atoms with E-state index in [0.29, 0.717) is 0 Å². The van der Waals surface area contributed by atoms with Crippen LogP contribution in [0, 0.1) is 18.6 Å². The highest BCUT2D eigenvalue weighted by molar-refractivity contribution is 5.92. The average Bonchev–Trinajstić information content (AvgIpc) is 2.93. The number of amides is 1. The summed E-state index contributed by atoms with van der Waals surface area (Å²) in [6, 6.07) is 4.88. The van der Waals surface area contributed by atoms with Gasteiger partial charge in [-0.25, -0.2) is 8.78 Å². The van der Waals surface area contributed by atoms with E-state index in [0.717, 1.165) is 62.4 Å². The fourth-order valence-corrected chi connectivity index (χ4v) is 2.86. The highest BCUT2D eigenvalue weighted by Crippen LogP contribution is 2.13. The molecule has 0 saturated carbocycles. The molecule has 1 N–H and O–H groups in total. The maximum atomic E-state index is 13.1. The van der Waals surface area contributed by atoms with Crippen LogP contribution in [0.1, 0.15) is 11.5 Å². The Balaban J connectivity index is 1.44. The van der Waals surface area contributed by atoms with E-state index < -0.39 is 11.6 Å². The lowest BCUT2D eigenvalue weighted by molar-refractivity contribution is -0.117. The molecule has 0 atom stereocenters. The normalized spacial score (nSPS) is 16.1. The number of anilines is 1. The number of hydrogen-bond acceptors (Lipinski definition) is 5. The molecule has 1 aliphatic rings. The van der Waals surface area contributed by atoms with Crippen LogP contribution in [0.4, 0.5) is 14.5 Å². The number of halogens is 2. The first kappa shape index (κ1) is 17.5. The number of aromatic nitrogens is 1. The van der Waals surface area contributed by atoms with Crippen molar-refractivity contribution in [3.63, 3.8) is 0 Å². The zero-order valence-corrected chi connectivity index (χ0v) is 14.0. The van der Waals surface area contributed by atoms with Crippen LogP contribution in [0.3, 0.4) is 0 Å². The summed E-state index contributed by atoms with van der Waals surface area (Å²) in [5.74, 6) is -0.927. The van der Waals surface area contributed by atoms with E-state index in [9.17, 15) is 13.6 Å². The summed E-state index contributed by atoms with van der Waals surface area (Å²) in [5, 5.41) is 6.51. The number of piperazine rings is 1. The lowest BCUT2D eigenvalue weighted by Gasteiger charge is -2.33. The van der Waals surface area contributed by atoms with Gasteiger partial charge in [0, 0.05) is 50.5 Å². The lowest BCUT2D eigenvalue weighted by Crippen LogP contribution is -2.48. The maximum absolute atomic E-state index is 13.1. The van der Waals surface area contributed by atoms with Gasteiger partial charge in [0.2, 0.25) is 5.91 Å². The molecule has 0 unspecified atom stereocenters. The van der Waals surface area contributed by atoms with Crippen molar-refractivity contribution in [2.45, 2.75) is 13.5 Å². The summed E-state index contributed by atoms with van der Waals surface area (Å²) < 4.78 is 31.3. The smallest absolute Gasteiger partial charge is 0.238 e. The molecule has 1 saturated heterocycles. The number of rotatable bonds is 5. The molecule has 1 fully saturated rings. The Morgan fingerprint density at radius 3 is 2.36 bits per heavy atom. The van der Waals surface area contributed by atoms with Crippen molar-refractivity contribution in [2.75, 3.05) is 38.0 Å². The topological polar surface area (TPSA) is 61.6 Å². The second kappa shape index (κ2) is 7.71. The predicted octanol–water partition coefficient (Wildman–Crippen LogP) is 2.02. The van der Waals surface area contributed by atoms with Crippen LogP contribution in [0.25, 0.3) is 0 Å². The molecule has 1 aromatic heterocycles. The fraction of sp³-hybridized carbons (Fsp3) is 0.412. The van der Waals surface area contributed by atoms with Crippen LogP contribution in [-0.4, -0.2) is 53.6 Å². The van der Waals surface area contributed by atoms with E-state index in [-0.39, 0.29) is 18.1 Å². The number of aryl methyl sites for hydroxylation is 1. The minimum absolute atomic E-state index is 0.127. The Bertz CT molecular complexity index is 722. The molecule has 1 amide bonds. The number of nitrogens with one attached hydrogen (secondary N) is 1. The number of hydrogen-bond donors (Lipinski definition) is 1. The van der Waals surface area contributed by atoms with Gasteiger partial charge in [0.1, 0.15) is 17.4 Å². The van der Waals surface area contributed by atoms with Gasteiger partial charge in [0.25, 0.3) is 0 Å². The Morgan fingerprint density at radius 2 is 1.76 bits per heavy atom. The molecule has 0 bridgehead atoms. The van der Waals surface area contributed by atoms with Crippen molar-refractivity contribution in [3.8, 4) is 0 Å². The average molecular weight is 350 g/mol. The van der Waals surface area contributed by atoms with Gasteiger partial charge in [-0.15, -0.1) is 0 Å². The van der Waals surface area contributed by atoms with Crippen LogP contribution in [-0.2, 0) is 11.3 Å². The zero-order valence-electron chi connectivity index (χ0n) is 14.0. The van der Waals surface area contributed by atoms with Gasteiger partial charge in [-0.05, 0) is 19.1 Å². The monoisotopic (exact) mass is 350 g/mol. The summed E-state index contributed by atoms with van der Waals surface area (Å²) in [6.45, 7) is 5.87. The van der Waals surface area contributed by atoms with Crippen molar-refractivity contribution in [1.82, 2.24) is 15.0 Å². The summed E-state index contributed by atoms with van der Waals surface area (Å²) >= 11 is 0. The standard InChI is InChI=1S/C17H20F2N4O2/c1-12-6-16(21-25-12)10-22-2-4-23(5-3-22)11-17(24)20-15-8-13(18)7-14(19)9-15/h6-9H,2-5,10-11H2,1H3,(H,20,24). The maximum Gasteiger partial charge on any atom is 0.238 e. The van der Waals surface area contributed by atoms with E-state index in [1.165, 1.54) is 0 Å². The Hall–Kier alpha value is -2.32. The third-order valence-electron chi connectivity index (χ3n) is 4.04. The zero-order chi connectivity index (χ0) is 17.8. The summed E-state index contributed by atoms with van der Waals surface area (Å²) in [6.07, 6.45) is 0. The molecule has 0 radical (unpaired) electrons. The number of carbonyl (C=O) groups is 1. The molecule has 2 aromatic rings. The van der Waals surface area contributed by atoms with E-state index >= 15 is 0 Å². The van der Waals surface area contributed by atoms with Crippen molar-refractivity contribution in [1.29, 1.82) is 0 Å². The fourth-order valence-electron chi connectivity index (χ4n) is 2.86. The van der Waals surface area contributed by atoms with Gasteiger partial charge in [-0.1, -0.05) is 5.16 Å². The van der Waals surface area contributed by atoms with Crippen LogP contribution in [0.15, 0.2) is 28.8 Å². The summed E-state index contributed by atoms with van der Waals surface area (Å²) in [7, 11) is 0. The van der Waals surface area contributed by atoms with Gasteiger partial charge >= 0.3 is 0 Å². The molecule has 3 rings (SSSR count). The highest BCUT2D eigenvalue weighted by Gasteiger charge is 2.20. The summed E-state index contributed by atoms with van der Waals surface area (Å²) in [4.78, 5) is 16.3. The van der Waals surface area contributed by atoms with E-state index in [1.54, 1.807) is 0 Å². The molecule has 0 spiro atoms. The first-order valence-corrected chi connectivity index (χ1v) is 8.11. The highest BCUT2D eigenvalue weighted by atomic mass is 19.1. The van der Waals surface area contributed by atoms with Gasteiger partial charge in [0.05, 0.1) is 12.2 Å². The third-order valence-corrected chi connectivity index (χ3v) is 4.04. The molecule has 134 valence electrons. The minimum atomic E-state index is -0.716. The van der Waals surface area contributed by atoms with Crippen LogP contribution < -0.4 is 5.32 Å². The minimum Gasteiger partial charge on any atom is -0.361 e. The molecule has 25 heavy (non-hydrogen) atoms. The molecular formula is C17H20F2N4O2. The number of carbonyl (C=O) groups excluding carboxylic acids is 1. The van der Waals surface area contributed by atoms with Gasteiger partial charge < -0.3 is 9.84 Å². The Kier molecular flexibility index (Phi) is 5.40. The van der Waals surface area contributed by atoms with Crippen LogP contribution >= 0.6 is 0 Å². The van der Waals surface area contributed by atoms with Crippen LogP contribution in [0.2, 0.25) is 0 Å². The molecule has 1 aliphatic heterocycles. The van der Waals surface area contributed by atoms with Crippen molar-refractivity contribution in [2.24, 2.45) is 0 Å². The Morgan fingerprint density at radius 1 is 1.12 bits per heavy atom. The number of nitrogens with zero attached hydrogens (tertiary/aromatic N) is 3. The lowest BCUT2D eigenvalue weighted by atomic mass is 10.2. The molecule has 0 aliphatic carbocycles. The Labute approximate surface area is 144 Å². The van der Waals surface area contributed by atoms with Gasteiger partial charge in [-0.2, -0.15) is 0 Å². The SMILES string of the molecule is Cc1cc(CN2CCN(CC(=O)Nc3cc(F)cc(F)c3)CC2)no1. The first-order valence-electron chi connectivity index (χ1n) is 8.11. The van der Waals surface area contributed by atoms with Crippen molar-refractivity contribution >= 4 is 11.6 Å². The third kappa shape index (κ3) is 5.07. The van der Waals surface area contributed by atoms with Crippen molar-refractivity contribution in [3.05, 3.63) is 47.4 Å². The number of benzene rings is 1. The second-order valence-corrected chi connectivity index (χ2v) is 6.19. The van der Waals surface area contributed by atoms with E-state index in [1.807, 2.05) is 17.9 Å². The summed E-state index contributed by atoms with van der Waals surface area (Å²) in [5.41, 5.74) is 1.03. The first-order chi connectivity index (χ1) is 12.0. The molecule has 2 heterocycles. The molecular weight excluding hydrogens is 330 g/mol. The largest absolute Gasteiger partial charge is 0.361 e. The predicted molar refractivity (Wildman–Crippen MR) is 87.9 cm³/mol. The van der Waals surface area contributed by atoms with Crippen molar-refractivity contribution < 1.29 is 18.1 Å².